The predicted molar refractivity (Wildman–Crippen MR) is 70.6 cm³/mol. The fraction of sp³-hybridized carbons (Fsp3) is 0.100. The fourth-order valence-corrected chi connectivity index (χ4v) is 1.61. The van der Waals surface area contributed by atoms with Crippen molar-refractivity contribution in [1.29, 1.82) is 0 Å². The molecule has 0 aliphatic heterocycles. The van der Waals surface area contributed by atoms with Gasteiger partial charge in [0.15, 0.2) is 0 Å². The van der Waals surface area contributed by atoms with Crippen LogP contribution in [0.1, 0.15) is 5.69 Å². The van der Waals surface area contributed by atoms with Gasteiger partial charge in [-0.15, -0.1) is 0 Å². The van der Waals surface area contributed by atoms with E-state index in [2.05, 4.69) is 20.4 Å². The lowest BCUT2D eigenvalue weighted by atomic mass is 10.3. The van der Waals surface area contributed by atoms with Gasteiger partial charge >= 0.3 is 11.6 Å². The van der Waals surface area contributed by atoms with E-state index in [1.54, 1.807) is 0 Å². The molecule has 0 atom stereocenters. The summed E-state index contributed by atoms with van der Waals surface area (Å²) in [7, 11) is 0. The molecule has 9 nitrogen and oxygen atoms in total. The summed E-state index contributed by atoms with van der Waals surface area (Å²) >= 11 is 5.76. The lowest BCUT2D eigenvalue weighted by Gasteiger charge is -2.08. The number of nitrogens with one attached hydrogen (secondary N) is 1. The zero-order valence-corrected chi connectivity index (χ0v) is 11.0. The van der Waals surface area contributed by atoms with Gasteiger partial charge in [-0.2, -0.15) is 4.98 Å². The molecule has 20 heavy (non-hydrogen) atoms. The largest absolute Gasteiger partial charge is 0.432 e. The van der Waals surface area contributed by atoms with Gasteiger partial charge in [0.2, 0.25) is 5.95 Å². The number of hydrogen-bond acceptors (Lipinski definition) is 8. The summed E-state index contributed by atoms with van der Waals surface area (Å²) < 4.78 is 5.34. The third-order valence-corrected chi connectivity index (χ3v) is 2.44. The lowest BCUT2D eigenvalue weighted by Crippen LogP contribution is -2.12. The highest BCUT2D eigenvalue weighted by molar-refractivity contribution is 6.30. The zero-order chi connectivity index (χ0) is 14.7. The normalized spacial score (nSPS) is 10.2. The van der Waals surface area contributed by atoms with Crippen molar-refractivity contribution in [3.8, 4) is 11.6 Å². The molecule has 0 aromatic carbocycles. The Morgan fingerprint density at radius 1 is 1.45 bits per heavy atom. The molecule has 0 spiro atoms. The maximum atomic E-state index is 11.1. The molecule has 10 heteroatoms. The molecule has 0 saturated heterocycles. The number of hydrazine groups is 1. The molecule has 2 rings (SSSR count). The summed E-state index contributed by atoms with van der Waals surface area (Å²) in [6.45, 7) is 1.45. The minimum Gasteiger partial charge on any atom is -0.432 e. The van der Waals surface area contributed by atoms with Crippen molar-refractivity contribution >= 4 is 23.2 Å². The topological polar surface area (TPSA) is 129 Å². The number of hydrogen-bond donors (Lipinski definition) is 2. The van der Waals surface area contributed by atoms with Crippen molar-refractivity contribution in [2.24, 2.45) is 5.84 Å². The summed E-state index contributed by atoms with van der Waals surface area (Å²) in [5.74, 6) is 5.16. The first kappa shape index (κ1) is 13.9. The Kier molecular flexibility index (Phi) is 3.91. The van der Waals surface area contributed by atoms with Crippen LogP contribution in [0, 0.1) is 17.0 Å². The molecule has 2 heterocycles. The summed E-state index contributed by atoms with van der Waals surface area (Å²) in [5, 5.41) is 11.4. The van der Waals surface area contributed by atoms with Crippen molar-refractivity contribution < 1.29 is 9.66 Å². The van der Waals surface area contributed by atoms with E-state index in [0.29, 0.717) is 5.02 Å². The molecule has 0 unspecified atom stereocenters. The van der Waals surface area contributed by atoms with E-state index >= 15 is 0 Å². The first-order valence-corrected chi connectivity index (χ1v) is 5.67. The molecular weight excluding hydrogens is 288 g/mol. The number of aromatic nitrogens is 3. The Morgan fingerprint density at radius 2 is 2.20 bits per heavy atom. The number of anilines is 1. The van der Waals surface area contributed by atoms with Crippen LogP contribution in [0.5, 0.6) is 11.6 Å². The van der Waals surface area contributed by atoms with Crippen LogP contribution in [0.25, 0.3) is 0 Å². The molecule has 2 aromatic rings. The van der Waals surface area contributed by atoms with Crippen molar-refractivity contribution in [3.05, 3.63) is 39.3 Å². The molecule has 0 saturated carbocycles. The van der Waals surface area contributed by atoms with E-state index in [9.17, 15) is 10.1 Å². The van der Waals surface area contributed by atoms with Crippen LogP contribution < -0.4 is 16.0 Å². The monoisotopic (exact) mass is 296 g/mol. The van der Waals surface area contributed by atoms with Crippen LogP contribution in [-0.2, 0) is 0 Å². The third-order valence-electron chi connectivity index (χ3n) is 2.23. The Hall–Kier alpha value is -2.52. The highest BCUT2D eigenvalue weighted by Crippen LogP contribution is 2.32. The summed E-state index contributed by atoms with van der Waals surface area (Å²) in [6.07, 6.45) is 2.75. The van der Waals surface area contributed by atoms with Crippen LogP contribution >= 0.6 is 11.6 Å². The second-order valence-corrected chi connectivity index (χ2v) is 4.07. The van der Waals surface area contributed by atoms with Crippen LogP contribution in [0.3, 0.4) is 0 Å². The average molecular weight is 297 g/mol. The summed E-state index contributed by atoms with van der Waals surface area (Å²) in [5.41, 5.74) is 1.96. The van der Waals surface area contributed by atoms with E-state index in [4.69, 9.17) is 22.2 Å². The van der Waals surface area contributed by atoms with Gasteiger partial charge in [0, 0.05) is 12.3 Å². The van der Waals surface area contributed by atoms with Gasteiger partial charge in [-0.05, 0) is 6.92 Å². The van der Waals surface area contributed by atoms with Crippen molar-refractivity contribution in [1.82, 2.24) is 15.0 Å². The van der Waals surface area contributed by atoms with Gasteiger partial charge in [0.05, 0.1) is 16.1 Å². The quantitative estimate of drug-likeness (QED) is 0.496. The van der Waals surface area contributed by atoms with Crippen LogP contribution in [0.2, 0.25) is 5.02 Å². The number of nitrogens with two attached hydrogens (primary N) is 1. The molecule has 3 N–H and O–H groups in total. The number of nitrogens with zero attached hydrogens (tertiary/aromatic N) is 4. The number of rotatable bonds is 4. The first-order valence-electron chi connectivity index (χ1n) is 5.29. The Bertz CT molecular complexity index is 665. The highest BCUT2D eigenvalue weighted by Gasteiger charge is 2.24. The van der Waals surface area contributed by atoms with E-state index in [1.165, 1.54) is 25.4 Å². The van der Waals surface area contributed by atoms with Crippen molar-refractivity contribution in [2.75, 3.05) is 5.43 Å². The number of pyridine rings is 1. The van der Waals surface area contributed by atoms with E-state index in [1.807, 2.05) is 0 Å². The number of nitro groups is 1. The van der Waals surface area contributed by atoms with Gasteiger partial charge in [0.25, 0.3) is 0 Å². The lowest BCUT2D eigenvalue weighted by molar-refractivity contribution is -0.386. The molecule has 0 fully saturated rings. The standard InChI is InChI=1S/C10H9ClN6O3/c1-5-8(17(18)19)9(15-10(14-5)16-12)20-7-2-6(11)3-13-4-7/h2-4H,12H2,1H3,(H,14,15,16). The molecule has 0 amide bonds. The summed E-state index contributed by atoms with van der Waals surface area (Å²) in [6, 6.07) is 1.45. The van der Waals surface area contributed by atoms with Crippen molar-refractivity contribution in [3.63, 3.8) is 0 Å². The molecule has 2 aromatic heterocycles. The minimum atomic E-state index is -0.636. The van der Waals surface area contributed by atoms with E-state index < -0.39 is 4.92 Å². The number of halogens is 1. The smallest absolute Gasteiger partial charge is 0.352 e. The van der Waals surface area contributed by atoms with Gasteiger partial charge in [0.1, 0.15) is 11.4 Å². The predicted octanol–water partition coefficient (Wildman–Crippen LogP) is 1.82. The maximum Gasteiger partial charge on any atom is 0.352 e. The average Bonchev–Trinajstić information content (AvgIpc) is 2.37. The zero-order valence-electron chi connectivity index (χ0n) is 10.2. The summed E-state index contributed by atoms with van der Waals surface area (Å²) in [4.78, 5) is 21.9. The fourth-order valence-electron chi connectivity index (χ4n) is 1.45. The third kappa shape index (κ3) is 2.90. The number of aryl methyl sites for hydroxylation is 1. The number of ether oxygens (including phenoxy) is 1. The Balaban J connectivity index is 2.48. The molecule has 104 valence electrons. The first-order chi connectivity index (χ1) is 9.51. The maximum absolute atomic E-state index is 11.1. The van der Waals surface area contributed by atoms with Gasteiger partial charge in [-0.25, -0.2) is 10.8 Å². The van der Waals surface area contributed by atoms with Crippen LogP contribution in [-0.4, -0.2) is 19.9 Å². The Labute approximate surface area is 117 Å². The van der Waals surface area contributed by atoms with Gasteiger partial charge < -0.3 is 4.74 Å². The van der Waals surface area contributed by atoms with E-state index in [-0.39, 0.29) is 29.0 Å². The molecule has 0 aliphatic carbocycles. The number of nitrogen functional groups attached to an aromatic ring is 1. The van der Waals surface area contributed by atoms with Crippen molar-refractivity contribution in [2.45, 2.75) is 6.92 Å². The second-order valence-electron chi connectivity index (χ2n) is 3.63. The van der Waals surface area contributed by atoms with Gasteiger partial charge in [-0.3, -0.25) is 20.5 Å². The SMILES string of the molecule is Cc1nc(NN)nc(Oc2cncc(Cl)c2)c1[N+](=O)[O-]. The van der Waals surface area contributed by atoms with Gasteiger partial charge in [-0.1, -0.05) is 11.6 Å². The molecule has 0 bridgehead atoms. The molecular formula is C10H9ClN6O3. The molecule has 0 radical (unpaired) electrons. The van der Waals surface area contributed by atoms with Crippen LogP contribution in [0.4, 0.5) is 11.6 Å². The molecule has 0 aliphatic rings. The minimum absolute atomic E-state index is 0.00177. The highest BCUT2D eigenvalue weighted by atomic mass is 35.5. The Morgan fingerprint density at radius 3 is 2.80 bits per heavy atom. The van der Waals surface area contributed by atoms with Crippen LogP contribution in [0.15, 0.2) is 18.5 Å². The second kappa shape index (κ2) is 5.63. The van der Waals surface area contributed by atoms with E-state index in [0.717, 1.165) is 0 Å².